The van der Waals surface area contributed by atoms with E-state index in [1.807, 2.05) is 0 Å². The molecule has 0 radical (unpaired) electrons. The normalized spacial score (nSPS) is 17.2. The van der Waals surface area contributed by atoms with Crippen LogP contribution in [-0.4, -0.2) is 36.0 Å². The van der Waals surface area contributed by atoms with E-state index in [0.29, 0.717) is 18.8 Å². The number of ether oxygens (including phenoxy) is 1. The summed E-state index contributed by atoms with van der Waals surface area (Å²) in [6.07, 6.45) is 1.78. The maximum absolute atomic E-state index is 11.6. The number of nitro groups is 1. The number of carbonyl (C=O) groups is 2. The molecule has 0 aromatic heterocycles. The van der Waals surface area contributed by atoms with Crippen LogP contribution >= 0.6 is 0 Å². The van der Waals surface area contributed by atoms with Crippen molar-refractivity contribution in [3.63, 3.8) is 0 Å². The van der Waals surface area contributed by atoms with Crippen LogP contribution in [0.1, 0.15) is 12.8 Å². The molecule has 1 aliphatic heterocycles. The number of nitrogens with zero attached hydrogens (tertiary/aromatic N) is 1. The van der Waals surface area contributed by atoms with Gasteiger partial charge in [0.1, 0.15) is 0 Å². The first-order chi connectivity index (χ1) is 10.1. The van der Waals surface area contributed by atoms with Gasteiger partial charge in [-0.3, -0.25) is 19.7 Å². The Morgan fingerprint density at radius 2 is 2.00 bits per heavy atom. The van der Waals surface area contributed by atoms with Crippen LogP contribution in [0.4, 0.5) is 11.4 Å². The molecule has 1 aliphatic rings. The molecule has 0 saturated carbocycles. The van der Waals surface area contributed by atoms with E-state index in [0.717, 1.165) is 12.8 Å². The van der Waals surface area contributed by atoms with Crippen LogP contribution < -0.4 is 10.6 Å². The fourth-order valence-electron chi connectivity index (χ4n) is 1.95. The molecule has 0 spiro atoms. The molecule has 112 valence electrons. The van der Waals surface area contributed by atoms with Gasteiger partial charge in [0.25, 0.3) is 5.69 Å². The third kappa shape index (κ3) is 4.25. The van der Waals surface area contributed by atoms with Gasteiger partial charge in [-0.1, -0.05) is 0 Å². The summed E-state index contributed by atoms with van der Waals surface area (Å²) in [6.45, 7) is 0.974. The third-order valence-corrected chi connectivity index (χ3v) is 3.06. The lowest BCUT2D eigenvalue weighted by Crippen LogP contribution is -2.39. The number of nitrogens with one attached hydrogen (secondary N) is 2. The molecule has 1 saturated heterocycles. The van der Waals surface area contributed by atoms with Gasteiger partial charge in [0.15, 0.2) is 0 Å². The van der Waals surface area contributed by atoms with Crippen LogP contribution in [0.5, 0.6) is 0 Å². The lowest BCUT2D eigenvalue weighted by atomic mass is 10.2. The number of rotatable bonds is 4. The van der Waals surface area contributed by atoms with Crippen LogP contribution in [0, 0.1) is 10.1 Å². The molecule has 2 N–H and O–H groups in total. The molecule has 1 heterocycles. The second-order valence-electron chi connectivity index (χ2n) is 4.60. The molecule has 1 aromatic rings. The quantitative estimate of drug-likeness (QED) is 0.485. The number of nitro benzene ring substituents is 1. The van der Waals surface area contributed by atoms with E-state index in [4.69, 9.17) is 4.74 Å². The van der Waals surface area contributed by atoms with Crippen molar-refractivity contribution in [1.29, 1.82) is 0 Å². The summed E-state index contributed by atoms with van der Waals surface area (Å²) in [7, 11) is 0. The minimum Gasteiger partial charge on any atom is -0.376 e. The molecule has 2 rings (SSSR count). The second kappa shape index (κ2) is 6.80. The van der Waals surface area contributed by atoms with Crippen molar-refractivity contribution in [3.05, 3.63) is 34.4 Å². The van der Waals surface area contributed by atoms with Crippen molar-refractivity contribution in [2.24, 2.45) is 0 Å². The van der Waals surface area contributed by atoms with Crippen LogP contribution in [0.3, 0.4) is 0 Å². The highest BCUT2D eigenvalue weighted by molar-refractivity contribution is 6.39. The topological polar surface area (TPSA) is 111 Å². The molecule has 8 heteroatoms. The molecule has 21 heavy (non-hydrogen) atoms. The van der Waals surface area contributed by atoms with E-state index in [1.165, 1.54) is 24.3 Å². The van der Waals surface area contributed by atoms with Gasteiger partial charge in [0.2, 0.25) is 0 Å². The van der Waals surface area contributed by atoms with E-state index < -0.39 is 16.7 Å². The van der Waals surface area contributed by atoms with Gasteiger partial charge in [-0.2, -0.15) is 0 Å². The average molecular weight is 293 g/mol. The van der Waals surface area contributed by atoms with Crippen LogP contribution in [-0.2, 0) is 14.3 Å². The molecular formula is C13H15N3O5. The fourth-order valence-corrected chi connectivity index (χ4v) is 1.95. The summed E-state index contributed by atoms with van der Waals surface area (Å²) in [6, 6.07) is 5.23. The molecule has 2 amide bonds. The summed E-state index contributed by atoms with van der Waals surface area (Å²) in [5, 5.41) is 15.4. The number of amides is 2. The summed E-state index contributed by atoms with van der Waals surface area (Å²) in [5.41, 5.74) is 0.230. The maximum Gasteiger partial charge on any atom is 0.313 e. The standard InChI is InChI=1S/C13H15N3O5/c17-12(14-8-11-2-1-7-21-11)13(18)15-9-3-5-10(6-4-9)16(19)20/h3-6,11H,1-2,7-8H2,(H,14,17)(H,15,18)/t11-/m0/s1. The van der Waals surface area contributed by atoms with Crippen LogP contribution in [0.2, 0.25) is 0 Å². The Bertz CT molecular complexity index is 537. The van der Waals surface area contributed by atoms with Crippen LogP contribution in [0.25, 0.3) is 0 Å². The van der Waals surface area contributed by atoms with Gasteiger partial charge in [0, 0.05) is 31.0 Å². The molecular weight excluding hydrogens is 278 g/mol. The highest BCUT2D eigenvalue weighted by atomic mass is 16.6. The van der Waals surface area contributed by atoms with Crippen molar-refractivity contribution in [2.45, 2.75) is 18.9 Å². The van der Waals surface area contributed by atoms with Gasteiger partial charge < -0.3 is 15.4 Å². The van der Waals surface area contributed by atoms with Crippen LogP contribution in [0.15, 0.2) is 24.3 Å². The number of carbonyl (C=O) groups excluding carboxylic acids is 2. The van der Waals surface area contributed by atoms with E-state index >= 15 is 0 Å². The summed E-state index contributed by atoms with van der Waals surface area (Å²) >= 11 is 0. The molecule has 0 aliphatic carbocycles. The molecule has 0 unspecified atom stereocenters. The average Bonchev–Trinajstić information content (AvgIpc) is 2.98. The van der Waals surface area contributed by atoms with Gasteiger partial charge in [-0.25, -0.2) is 0 Å². The SMILES string of the molecule is O=C(NC[C@@H]1CCCO1)C(=O)Nc1ccc([N+](=O)[O-])cc1. The number of hydrogen-bond donors (Lipinski definition) is 2. The number of hydrogen-bond acceptors (Lipinski definition) is 5. The summed E-state index contributed by atoms with van der Waals surface area (Å²) in [4.78, 5) is 33.2. The zero-order chi connectivity index (χ0) is 15.2. The third-order valence-electron chi connectivity index (χ3n) is 3.06. The Morgan fingerprint density at radius 3 is 2.57 bits per heavy atom. The zero-order valence-corrected chi connectivity index (χ0v) is 11.2. The lowest BCUT2D eigenvalue weighted by Gasteiger charge is -2.10. The first kappa shape index (κ1) is 14.9. The predicted octanol–water partition coefficient (Wildman–Crippen LogP) is 0.828. The Morgan fingerprint density at radius 1 is 1.29 bits per heavy atom. The Hall–Kier alpha value is -2.48. The maximum atomic E-state index is 11.6. The largest absolute Gasteiger partial charge is 0.376 e. The van der Waals surface area contributed by atoms with Crippen molar-refractivity contribution in [2.75, 3.05) is 18.5 Å². The van der Waals surface area contributed by atoms with Crippen molar-refractivity contribution >= 4 is 23.2 Å². The molecule has 1 fully saturated rings. The van der Waals surface area contributed by atoms with Crippen molar-refractivity contribution in [1.82, 2.24) is 5.32 Å². The highest BCUT2D eigenvalue weighted by Gasteiger charge is 2.19. The first-order valence-corrected chi connectivity index (χ1v) is 6.51. The highest BCUT2D eigenvalue weighted by Crippen LogP contribution is 2.15. The number of anilines is 1. The lowest BCUT2D eigenvalue weighted by molar-refractivity contribution is -0.384. The molecule has 8 nitrogen and oxygen atoms in total. The van der Waals surface area contributed by atoms with E-state index in [9.17, 15) is 19.7 Å². The van der Waals surface area contributed by atoms with E-state index in [-0.39, 0.29) is 11.8 Å². The minimum absolute atomic E-state index is 0.0406. The monoisotopic (exact) mass is 293 g/mol. The van der Waals surface area contributed by atoms with E-state index in [1.54, 1.807) is 0 Å². The van der Waals surface area contributed by atoms with Gasteiger partial charge in [-0.05, 0) is 25.0 Å². The zero-order valence-electron chi connectivity index (χ0n) is 11.2. The second-order valence-corrected chi connectivity index (χ2v) is 4.60. The van der Waals surface area contributed by atoms with Crippen molar-refractivity contribution < 1.29 is 19.2 Å². The van der Waals surface area contributed by atoms with E-state index in [2.05, 4.69) is 10.6 Å². The Kier molecular flexibility index (Phi) is 4.83. The number of non-ortho nitro benzene ring substituents is 1. The van der Waals surface area contributed by atoms with Gasteiger partial charge >= 0.3 is 11.8 Å². The van der Waals surface area contributed by atoms with Crippen molar-refractivity contribution in [3.8, 4) is 0 Å². The molecule has 1 aromatic carbocycles. The fraction of sp³-hybridized carbons (Fsp3) is 0.385. The Labute approximate surface area is 120 Å². The molecule has 0 bridgehead atoms. The smallest absolute Gasteiger partial charge is 0.313 e. The van der Waals surface area contributed by atoms with Gasteiger partial charge in [0.05, 0.1) is 11.0 Å². The summed E-state index contributed by atoms with van der Waals surface area (Å²) in [5.74, 6) is -1.58. The van der Waals surface area contributed by atoms with Gasteiger partial charge in [-0.15, -0.1) is 0 Å². The summed E-state index contributed by atoms with van der Waals surface area (Å²) < 4.78 is 5.33. The number of benzene rings is 1. The predicted molar refractivity (Wildman–Crippen MR) is 73.7 cm³/mol. The minimum atomic E-state index is -0.818. The Balaban J connectivity index is 1.82. The first-order valence-electron chi connectivity index (χ1n) is 6.51. The molecule has 1 atom stereocenters.